The lowest BCUT2D eigenvalue weighted by Gasteiger charge is -1.99. The van der Waals surface area contributed by atoms with E-state index < -0.39 is 5.97 Å². The zero-order valence-corrected chi connectivity index (χ0v) is 8.23. The van der Waals surface area contributed by atoms with Crippen LogP contribution in [0.15, 0.2) is 18.3 Å². The Morgan fingerprint density at radius 1 is 1.67 bits per heavy atom. The first-order valence-corrected chi connectivity index (χ1v) is 4.87. The number of hydrogen-bond donors (Lipinski definition) is 2. The number of nitrogens with zero attached hydrogens (tertiary/aromatic N) is 1. The fraction of sp³-hybridized carbons (Fsp3) is 0.273. The predicted octanol–water partition coefficient (Wildman–Crippen LogP) is 1.54. The first-order valence-electron chi connectivity index (χ1n) is 4.87. The van der Waals surface area contributed by atoms with Gasteiger partial charge in [0.15, 0.2) is 0 Å². The van der Waals surface area contributed by atoms with Crippen molar-refractivity contribution in [3.8, 4) is 0 Å². The Bertz CT molecular complexity index is 413. The maximum atomic E-state index is 10.3. The van der Waals surface area contributed by atoms with Crippen molar-refractivity contribution in [3.05, 3.63) is 29.5 Å². The van der Waals surface area contributed by atoms with Gasteiger partial charge in [0.25, 0.3) is 0 Å². The number of carbonyl (C=O) groups is 1. The van der Waals surface area contributed by atoms with E-state index >= 15 is 0 Å². The molecule has 0 atom stereocenters. The lowest BCUT2D eigenvalue weighted by Crippen LogP contribution is -1.92. The van der Waals surface area contributed by atoms with E-state index in [1.54, 1.807) is 18.3 Å². The summed E-state index contributed by atoms with van der Waals surface area (Å²) in [7, 11) is 0. The number of hydrogen-bond acceptors (Lipinski definition) is 3. The van der Waals surface area contributed by atoms with Gasteiger partial charge in [-0.15, -0.1) is 0 Å². The van der Waals surface area contributed by atoms with Crippen molar-refractivity contribution < 1.29 is 9.90 Å². The van der Waals surface area contributed by atoms with Gasteiger partial charge in [-0.05, 0) is 23.6 Å². The Labute approximate surface area is 87.7 Å². The molecule has 4 heteroatoms. The third-order valence-corrected chi connectivity index (χ3v) is 2.28. The number of fused-ring (bicyclic) bond motifs is 1. The standard InChI is InChI=1S/C11H12N2O2/c14-10(15)3-1-2-8-6-9-4-5-12-11(9)13-7-8/h1-2,6-7H,3-5H2,(H,12,13)(H,14,15). The topological polar surface area (TPSA) is 62.2 Å². The second-order valence-electron chi connectivity index (χ2n) is 3.45. The summed E-state index contributed by atoms with van der Waals surface area (Å²) in [5.74, 6) is 0.132. The van der Waals surface area contributed by atoms with Crippen LogP contribution in [0.3, 0.4) is 0 Å². The van der Waals surface area contributed by atoms with Crippen molar-refractivity contribution in [2.24, 2.45) is 0 Å². The monoisotopic (exact) mass is 204 g/mol. The van der Waals surface area contributed by atoms with Gasteiger partial charge in [0, 0.05) is 12.7 Å². The Balaban J connectivity index is 2.10. The molecule has 0 fully saturated rings. The van der Waals surface area contributed by atoms with Gasteiger partial charge >= 0.3 is 5.97 Å². The van der Waals surface area contributed by atoms with Gasteiger partial charge in [0.1, 0.15) is 5.82 Å². The molecule has 0 aliphatic carbocycles. The summed E-state index contributed by atoms with van der Waals surface area (Å²) in [6.07, 6.45) is 6.21. The number of carboxylic acids is 1. The van der Waals surface area contributed by atoms with Crippen LogP contribution in [0.5, 0.6) is 0 Å². The molecule has 4 nitrogen and oxygen atoms in total. The van der Waals surface area contributed by atoms with Gasteiger partial charge in [-0.25, -0.2) is 4.98 Å². The smallest absolute Gasteiger partial charge is 0.307 e. The molecule has 2 heterocycles. The highest BCUT2D eigenvalue weighted by atomic mass is 16.4. The fourth-order valence-electron chi connectivity index (χ4n) is 1.58. The van der Waals surface area contributed by atoms with Gasteiger partial charge in [-0.2, -0.15) is 0 Å². The molecule has 0 amide bonds. The molecule has 0 saturated heterocycles. The van der Waals surface area contributed by atoms with E-state index in [9.17, 15) is 4.79 Å². The Morgan fingerprint density at radius 3 is 3.33 bits per heavy atom. The van der Waals surface area contributed by atoms with Crippen LogP contribution in [0, 0.1) is 0 Å². The summed E-state index contributed by atoms with van der Waals surface area (Å²) in [5, 5.41) is 11.6. The lowest BCUT2D eigenvalue weighted by atomic mass is 10.1. The van der Waals surface area contributed by atoms with Crippen LogP contribution in [-0.2, 0) is 11.2 Å². The zero-order chi connectivity index (χ0) is 10.7. The summed E-state index contributed by atoms with van der Waals surface area (Å²) in [5.41, 5.74) is 2.16. The van der Waals surface area contributed by atoms with Crippen molar-refractivity contribution in [3.63, 3.8) is 0 Å². The highest BCUT2D eigenvalue weighted by Crippen LogP contribution is 2.20. The molecular weight excluding hydrogens is 192 g/mol. The van der Waals surface area contributed by atoms with Crippen molar-refractivity contribution in [1.82, 2.24) is 4.98 Å². The van der Waals surface area contributed by atoms with Gasteiger partial charge in [-0.3, -0.25) is 4.79 Å². The highest BCUT2D eigenvalue weighted by molar-refractivity contribution is 5.70. The van der Waals surface area contributed by atoms with Gasteiger partial charge in [0.2, 0.25) is 0 Å². The minimum Gasteiger partial charge on any atom is -0.481 e. The van der Waals surface area contributed by atoms with Gasteiger partial charge in [0.05, 0.1) is 6.42 Å². The molecule has 1 aliphatic rings. The normalized spacial score (nSPS) is 13.9. The zero-order valence-electron chi connectivity index (χ0n) is 8.23. The third kappa shape index (κ3) is 2.34. The Morgan fingerprint density at radius 2 is 2.53 bits per heavy atom. The van der Waals surface area contributed by atoms with Crippen molar-refractivity contribution in [2.75, 3.05) is 11.9 Å². The van der Waals surface area contributed by atoms with E-state index in [-0.39, 0.29) is 6.42 Å². The Kier molecular flexibility index (Phi) is 2.67. The first kappa shape index (κ1) is 9.71. The summed E-state index contributed by atoms with van der Waals surface area (Å²) >= 11 is 0. The van der Waals surface area contributed by atoms with Gasteiger partial charge < -0.3 is 10.4 Å². The molecule has 2 N–H and O–H groups in total. The second-order valence-corrected chi connectivity index (χ2v) is 3.45. The van der Waals surface area contributed by atoms with Crippen LogP contribution in [0.1, 0.15) is 17.5 Å². The lowest BCUT2D eigenvalue weighted by molar-refractivity contribution is -0.135. The maximum Gasteiger partial charge on any atom is 0.307 e. The molecule has 78 valence electrons. The van der Waals surface area contributed by atoms with Crippen LogP contribution >= 0.6 is 0 Å². The van der Waals surface area contributed by atoms with E-state index in [1.165, 1.54) is 5.56 Å². The highest BCUT2D eigenvalue weighted by Gasteiger charge is 2.10. The molecule has 15 heavy (non-hydrogen) atoms. The van der Waals surface area contributed by atoms with Gasteiger partial charge in [-0.1, -0.05) is 12.2 Å². The molecule has 1 aromatic heterocycles. The average molecular weight is 204 g/mol. The third-order valence-electron chi connectivity index (χ3n) is 2.28. The largest absolute Gasteiger partial charge is 0.481 e. The maximum absolute atomic E-state index is 10.3. The van der Waals surface area contributed by atoms with E-state index in [2.05, 4.69) is 10.3 Å². The average Bonchev–Trinajstić information content (AvgIpc) is 2.64. The number of aromatic nitrogens is 1. The van der Waals surface area contributed by atoms with Crippen molar-refractivity contribution >= 4 is 17.9 Å². The molecule has 0 saturated carbocycles. The van der Waals surface area contributed by atoms with E-state index in [4.69, 9.17) is 5.11 Å². The van der Waals surface area contributed by atoms with E-state index in [0.717, 1.165) is 24.3 Å². The number of nitrogens with one attached hydrogen (secondary N) is 1. The minimum absolute atomic E-state index is 0.0509. The van der Waals surface area contributed by atoms with Crippen LogP contribution in [0.2, 0.25) is 0 Å². The molecule has 0 spiro atoms. The quantitative estimate of drug-likeness (QED) is 0.783. The summed E-state index contributed by atoms with van der Waals surface area (Å²) in [6.45, 7) is 0.935. The number of anilines is 1. The fourth-order valence-corrected chi connectivity index (χ4v) is 1.58. The summed E-state index contributed by atoms with van der Waals surface area (Å²) < 4.78 is 0. The molecule has 0 bridgehead atoms. The Hall–Kier alpha value is -1.84. The number of aliphatic carboxylic acids is 1. The van der Waals surface area contributed by atoms with Crippen LogP contribution in [0.4, 0.5) is 5.82 Å². The SMILES string of the molecule is O=C(O)CC=Cc1cnc2c(c1)CCN2. The number of carboxylic acid groups (broad SMARTS) is 1. The summed E-state index contributed by atoms with van der Waals surface area (Å²) in [4.78, 5) is 14.5. The molecular formula is C11H12N2O2. The van der Waals surface area contributed by atoms with Crippen LogP contribution in [0.25, 0.3) is 6.08 Å². The molecule has 2 rings (SSSR count). The first-order chi connectivity index (χ1) is 7.25. The van der Waals surface area contributed by atoms with Crippen molar-refractivity contribution in [1.29, 1.82) is 0 Å². The van der Waals surface area contributed by atoms with Crippen molar-refractivity contribution in [2.45, 2.75) is 12.8 Å². The van der Waals surface area contributed by atoms with E-state index in [0.29, 0.717) is 0 Å². The van der Waals surface area contributed by atoms with Crippen LogP contribution < -0.4 is 5.32 Å². The number of rotatable bonds is 3. The summed E-state index contributed by atoms with van der Waals surface area (Å²) in [6, 6.07) is 2.04. The molecule has 0 aromatic carbocycles. The molecule has 1 aliphatic heterocycles. The second kappa shape index (κ2) is 4.13. The molecule has 0 unspecified atom stereocenters. The predicted molar refractivity (Wildman–Crippen MR) is 57.7 cm³/mol. The van der Waals surface area contributed by atoms with Crippen LogP contribution in [-0.4, -0.2) is 22.6 Å². The minimum atomic E-state index is -0.818. The van der Waals surface area contributed by atoms with E-state index in [1.807, 2.05) is 6.07 Å². The molecule has 1 aromatic rings. The number of pyridine rings is 1. The molecule has 0 radical (unpaired) electrons.